The largest absolute Gasteiger partial charge is 0.493 e. The van der Waals surface area contributed by atoms with Crippen molar-refractivity contribution in [2.75, 3.05) is 102 Å². The number of piperazine rings is 2. The van der Waals surface area contributed by atoms with Gasteiger partial charge in [-0.15, -0.1) is 0 Å². The molecule has 0 unspecified atom stereocenters. The molecule has 2 aliphatic rings. The zero-order valence-electron chi connectivity index (χ0n) is 47.6. The zero-order chi connectivity index (χ0) is 60.9. The third-order valence-electron chi connectivity index (χ3n) is 15.4. The number of aryl methyl sites for hydroxylation is 1. The maximum absolute atomic E-state index is 14.8. The fourth-order valence-electron chi connectivity index (χ4n) is 10.5. The molecule has 2 fully saturated rings. The van der Waals surface area contributed by atoms with Crippen molar-refractivity contribution in [2.24, 2.45) is 0 Å². The molecular formula is C65H61F6N11O4. The Bertz CT molecular complexity index is 4020. The van der Waals surface area contributed by atoms with Gasteiger partial charge in [0.15, 0.2) is 11.5 Å². The molecular weight excluding hydrogens is 1110 g/mol. The maximum atomic E-state index is 14.8. The van der Waals surface area contributed by atoms with Gasteiger partial charge in [0.2, 0.25) is 5.95 Å². The Morgan fingerprint density at radius 1 is 0.605 bits per heavy atom. The summed E-state index contributed by atoms with van der Waals surface area (Å²) in [5.74, 6) is 12.3. The zero-order valence-corrected chi connectivity index (χ0v) is 47.6. The number of likely N-dealkylation sites (N-methyl/N-ethyl adjacent to an activating group) is 1. The lowest BCUT2D eigenvalue weighted by Crippen LogP contribution is -2.46. The van der Waals surface area contributed by atoms with E-state index in [1.165, 1.54) is 38.5 Å². The number of benzene rings is 6. The summed E-state index contributed by atoms with van der Waals surface area (Å²) < 4.78 is 98.7. The van der Waals surface area contributed by atoms with E-state index in [2.05, 4.69) is 59.1 Å². The summed E-state index contributed by atoms with van der Waals surface area (Å²) in [6.45, 7) is 7.29. The van der Waals surface area contributed by atoms with Crippen LogP contribution in [0.15, 0.2) is 115 Å². The number of nitrogens with one attached hydrogen (secondary N) is 2. The molecule has 2 amide bonds. The van der Waals surface area contributed by atoms with Crippen LogP contribution in [-0.4, -0.2) is 127 Å². The number of ether oxygens (including phenoxy) is 2. The number of carbonyl (C=O) groups is 2. The van der Waals surface area contributed by atoms with Gasteiger partial charge < -0.3 is 41.4 Å². The number of hydrogen-bond acceptors (Lipinski definition) is 13. The van der Waals surface area contributed by atoms with E-state index in [0.29, 0.717) is 97.0 Å². The minimum atomic E-state index is -4.73. The minimum Gasteiger partial charge on any atom is -0.493 e. The average molecular weight is 1170 g/mol. The van der Waals surface area contributed by atoms with E-state index in [1.807, 2.05) is 48.0 Å². The summed E-state index contributed by atoms with van der Waals surface area (Å²) in [6, 6.07) is 28.3. The average Bonchev–Trinajstić information content (AvgIpc) is 2.32. The van der Waals surface area contributed by atoms with Crippen LogP contribution in [0.5, 0.6) is 11.5 Å². The van der Waals surface area contributed by atoms with Crippen LogP contribution in [0.4, 0.5) is 49.5 Å². The van der Waals surface area contributed by atoms with Gasteiger partial charge in [-0.05, 0) is 103 Å². The number of anilines is 4. The summed E-state index contributed by atoms with van der Waals surface area (Å²) in [5.41, 5.74) is 14.9. The van der Waals surface area contributed by atoms with Crippen LogP contribution in [-0.2, 0) is 31.9 Å². The van der Waals surface area contributed by atoms with Crippen molar-refractivity contribution in [3.63, 3.8) is 0 Å². The van der Waals surface area contributed by atoms with Crippen LogP contribution in [0.2, 0.25) is 0 Å². The fraction of sp³-hybridized carbons (Fsp3) is 0.277. The number of alkyl halides is 6. The van der Waals surface area contributed by atoms with E-state index in [4.69, 9.17) is 20.9 Å². The fourth-order valence-corrected chi connectivity index (χ4v) is 10.5. The summed E-state index contributed by atoms with van der Waals surface area (Å²) in [7, 11) is 4.97. The predicted octanol–water partition coefficient (Wildman–Crippen LogP) is 10.1. The molecule has 8 aromatic rings. The second kappa shape index (κ2) is 25.5. The number of hydrogen-bond donors (Lipinski definition) is 4. The first kappa shape index (κ1) is 59.9. The van der Waals surface area contributed by atoms with E-state index in [-0.39, 0.29) is 58.5 Å². The summed E-state index contributed by atoms with van der Waals surface area (Å²) in [5, 5.41) is 7.47. The van der Waals surface area contributed by atoms with Gasteiger partial charge in [-0.2, -0.15) is 26.3 Å². The quantitative estimate of drug-likeness (QED) is 0.0634. The van der Waals surface area contributed by atoms with Gasteiger partial charge in [0.05, 0.1) is 36.4 Å². The molecule has 2 saturated heterocycles. The Labute approximate surface area is 493 Å². The molecule has 2 aliphatic heterocycles. The van der Waals surface area contributed by atoms with E-state index < -0.39 is 35.3 Å². The van der Waals surface area contributed by atoms with Crippen molar-refractivity contribution in [2.45, 2.75) is 38.8 Å². The third-order valence-corrected chi connectivity index (χ3v) is 15.4. The molecule has 0 saturated carbocycles. The minimum absolute atomic E-state index is 0.00550. The SMILES string of the molecule is COc1cc2nc(N)nc(C#Cc3cc(C(=O)Nc4ccc(CN5CCN(CCc6ccc(C(=O)Nc7ccc(CN8CCN(C)CC8)c(C(F)(F)F)c7)cc6C#Cc6c(N)ncc7ccccc67)CC5)c(C(F)(F)F)c4)ccc3C)c2cc1OC. The van der Waals surface area contributed by atoms with Crippen molar-refractivity contribution < 1.29 is 45.4 Å². The van der Waals surface area contributed by atoms with Crippen molar-refractivity contribution in [1.82, 2.24) is 34.6 Å². The van der Waals surface area contributed by atoms with Gasteiger partial charge in [-0.3, -0.25) is 19.4 Å². The maximum Gasteiger partial charge on any atom is 0.416 e. The number of fused-ring (bicyclic) bond motifs is 2. The van der Waals surface area contributed by atoms with Crippen molar-refractivity contribution >= 4 is 56.6 Å². The Morgan fingerprint density at radius 3 is 1.77 bits per heavy atom. The lowest BCUT2D eigenvalue weighted by molar-refractivity contribution is -0.139. The molecule has 6 aromatic carbocycles. The van der Waals surface area contributed by atoms with Crippen molar-refractivity contribution in [1.29, 1.82) is 0 Å². The summed E-state index contributed by atoms with van der Waals surface area (Å²) in [4.78, 5) is 48.7. The predicted molar refractivity (Wildman–Crippen MR) is 320 cm³/mol. The number of halogens is 6. The summed E-state index contributed by atoms with van der Waals surface area (Å²) in [6.07, 6.45) is -7.25. The number of pyridine rings is 1. The molecule has 0 aliphatic carbocycles. The van der Waals surface area contributed by atoms with E-state index in [1.54, 1.807) is 54.7 Å². The van der Waals surface area contributed by atoms with Gasteiger partial charge in [-0.1, -0.05) is 66.3 Å². The van der Waals surface area contributed by atoms with E-state index in [9.17, 15) is 35.9 Å². The van der Waals surface area contributed by atoms with Crippen LogP contribution < -0.4 is 31.6 Å². The first-order valence-corrected chi connectivity index (χ1v) is 27.7. The smallest absolute Gasteiger partial charge is 0.416 e. The number of nitrogen functional groups attached to an aromatic ring is 2. The van der Waals surface area contributed by atoms with Crippen LogP contribution in [0.3, 0.4) is 0 Å². The number of nitrogens with zero attached hydrogens (tertiary/aromatic N) is 7. The van der Waals surface area contributed by atoms with Gasteiger partial charge in [0, 0.05) is 134 Å². The Balaban J connectivity index is 0.807. The molecule has 0 atom stereocenters. The number of aromatic nitrogens is 3. The molecule has 0 spiro atoms. The first-order valence-electron chi connectivity index (χ1n) is 27.7. The molecule has 6 N–H and O–H groups in total. The highest BCUT2D eigenvalue weighted by atomic mass is 19.4. The molecule has 86 heavy (non-hydrogen) atoms. The Morgan fingerprint density at radius 2 is 1.15 bits per heavy atom. The topological polar surface area (TPSA) is 180 Å². The number of nitrogens with two attached hydrogens (primary N) is 2. The lowest BCUT2D eigenvalue weighted by atomic mass is 9.99. The van der Waals surface area contributed by atoms with E-state index >= 15 is 0 Å². The highest BCUT2D eigenvalue weighted by molar-refractivity contribution is 6.05. The van der Waals surface area contributed by atoms with Crippen LogP contribution in [0.1, 0.15) is 76.5 Å². The highest BCUT2D eigenvalue weighted by Crippen LogP contribution is 2.37. The van der Waals surface area contributed by atoms with Gasteiger partial charge in [-0.25, -0.2) is 15.0 Å². The second-order valence-corrected chi connectivity index (χ2v) is 21.3. The lowest BCUT2D eigenvalue weighted by Gasteiger charge is -2.35. The van der Waals surface area contributed by atoms with Gasteiger partial charge in [0.25, 0.3) is 11.8 Å². The number of amides is 2. The molecule has 15 nitrogen and oxygen atoms in total. The van der Waals surface area contributed by atoms with Crippen molar-refractivity contribution in [3.05, 3.63) is 182 Å². The molecule has 21 heteroatoms. The number of methoxy groups -OCH3 is 2. The van der Waals surface area contributed by atoms with Gasteiger partial charge >= 0.3 is 12.4 Å². The molecule has 0 bridgehead atoms. The van der Waals surface area contributed by atoms with Crippen LogP contribution in [0, 0.1) is 30.6 Å². The second-order valence-electron chi connectivity index (χ2n) is 21.3. The third kappa shape index (κ3) is 14.1. The Hall–Kier alpha value is -9.25. The monoisotopic (exact) mass is 1170 g/mol. The van der Waals surface area contributed by atoms with E-state index in [0.717, 1.165) is 47.1 Å². The standard InChI is InChI=1S/C65H61F6N11O4/c1-40-9-10-44(31-42(40)16-20-56-53-35-58(85-3)59(86-4)36-57(53)78-63(73)77-56)61(83)75-49-18-14-48(55(33-49)65(69,70)71)39-82-29-27-80(28-30-82)22-21-41-11-12-45(32-43(41)15-19-52-51-8-6-5-7-46(51)37-74-60(52)72)62(84)76-50-17-13-47(54(34-50)64(66,67)68)38-81-25-23-79(2)24-26-81/h5-14,17-18,31-37H,21-30,38-39H2,1-4H3,(H2,72,74)(H,75,83)(H,76,84)(H2,73,77,78). The summed E-state index contributed by atoms with van der Waals surface area (Å²) >= 11 is 0. The molecule has 442 valence electrons. The van der Waals surface area contributed by atoms with Crippen LogP contribution in [0.25, 0.3) is 21.7 Å². The highest BCUT2D eigenvalue weighted by Gasteiger charge is 2.36. The molecule has 2 aromatic heterocycles. The Kier molecular flexibility index (Phi) is 17.8. The van der Waals surface area contributed by atoms with Crippen molar-refractivity contribution in [3.8, 4) is 35.2 Å². The number of carbonyl (C=O) groups excluding carboxylic acids is 2. The number of rotatable bonds is 13. The first-order chi connectivity index (χ1) is 41.2. The normalized spacial score (nSPS) is 14.5. The molecule has 0 radical (unpaired) electrons. The molecule has 10 rings (SSSR count). The van der Waals surface area contributed by atoms with Gasteiger partial charge in [0.1, 0.15) is 11.5 Å². The van der Waals surface area contributed by atoms with Crippen LogP contribution >= 0.6 is 0 Å². The molecule has 4 heterocycles.